The summed E-state index contributed by atoms with van der Waals surface area (Å²) in [6, 6.07) is 50.5. The average molecular weight is 498 g/mol. The van der Waals surface area contributed by atoms with Crippen LogP contribution in [0.4, 0.5) is 17.1 Å². The highest BCUT2D eigenvalue weighted by atomic mass is 15.2. The second-order valence-electron chi connectivity index (χ2n) is 10.2. The SMILES string of the molecule is c1ccc(N2c3ccccc3-n3c4ccc(-n5c6ccccc6c6ccccc65)cc4c4cccc2c43)cc1. The summed E-state index contributed by atoms with van der Waals surface area (Å²) in [7, 11) is 0. The number of fused-ring (bicyclic) bond motifs is 8. The van der Waals surface area contributed by atoms with E-state index >= 15 is 0 Å². The van der Waals surface area contributed by atoms with Crippen LogP contribution in [-0.2, 0) is 0 Å². The van der Waals surface area contributed by atoms with Crippen LogP contribution in [-0.4, -0.2) is 9.13 Å². The van der Waals surface area contributed by atoms with E-state index in [1.54, 1.807) is 0 Å². The lowest BCUT2D eigenvalue weighted by atomic mass is 10.1. The van der Waals surface area contributed by atoms with E-state index in [2.05, 4.69) is 154 Å². The smallest absolute Gasteiger partial charge is 0.0783 e. The van der Waals surface area contributed by atoms with Crippen LogP contribution in [0.2, 0.25) is 0 Å². The highest BCUT2D eigenvalue weighted by Crippen LogP contribution is 2.49. The Balaban J connectivity index is 1.39. The molecule has 8 aromatic rings. The van der Waals surface area contributed by atoms with E-state index in [0.717, 1.165) is 0 Å². The summed E-state index contributed by atoms with van der Waals surface area (Å²) in [6.45, 7) is 0. The maximum Gasteiger partial charge on any atom is 0.0783 e. The number of hydrogen-bond acceptors (Lipinski definition) is 1. The molecule has 3 heteroatoms. The molecule has 0 spiro atoms. The number of hydrogen-bond donors (Lipinski definition) is 0. The molecule has 2 aromatic heterocycles. The summed E-state index contributed by atoms with van der Waals surface area (Å²) >= 11 is 0. The first-order valence-corrected chi connectivity index (χ1v) is 13.4. The standard InChI is InChI=1S/C36H23N3/c1-2-11-24(12-3-1)37-33-18-8-9-19-34(33)39-32-22-21-25(23-29(32)28-15-10-20-35(37)36(28)39)38-30-16-6-4-13-26(30)27-14-5-7-17-31(27)38/h1-23H. The van der Waals surface area contributed by atoms with Gasteiger partial charge in [-0.15, -0.1) is 0 Å². The van der Waals surface area contributed by atoms with E-state index in [9.17, 15) is 0 Å². The van der Waals surface area contributed by atoms with Crippen molar-refractivity contribution in [2.24, 2.45) is 0 Å². The summed E-state index contributed by atoms with van der Waals surface area (Å²) in [5, 5.41) is 5.09. The molecule has 1 aliphatic rings. The Morgan fingerprint density at radius 3 is 1.69 bits per heavy atom. The second-order valence-corrected chi connectivity index (χ2v) is 10.2. The molecule has 0 bridgehead atoms. The molecule has 0 fully saturated rings. The Bertz CT molecular complexity index is 2180. The molecular formula is C36H23N3. The van der Waals surface area contributed by atoms with Gasteiger partial charge in [0.15, 0.2) is 0 Å². The zero-order valence-corrected chi connectivity index (χ0v) is 21.1. The van der Waals surface area contributed by atoms with Crippen molar-refractivity contribution in [3.63, 3.8) is 0 Å². The van der Waals surface area contributed by atoms with Crippen LogP contribution in [0, 0.1) is 0 Å². The van der Waals surface area contributed by atoms with Gasteiger partial charge >= 0.3 is 0 Å². The molecule has 0 atom stereocenters. The molecule has 0 unspecified atom stereocenters. The third-order valence-electron chi connectivity index (χ3n) is 8.21. The third kappa shape index (κ3) is 2.71. The van der Waals surface area contributed by atoms with E-state index in [1.165, 1.54) is 72.0 Å². The molecule has 3 nitrogen and oxygen atoms in total. The maximum absolute atomic E-state index is 2.45. The van der Waals surface area contributed by atoms with Crippen LogP contribution in [0.1, 0.15) is 0 Å². The van der Waals surface area contributed by atoms with Crippen molar-refractivity contribution < 1.29 is 0 Å². The molecular weight excluding hydrogens is 474 g/mol. The molecule has 6 aromatic carbocycles. The highest BCUT2D eigenvalue weighted by molar-refractivity contribution is 6.17. The van der Waals surface area contributed by atoms with E-state index < -0.39 is 0 Å². The monoisotopic (exact) mass is 497 g/mol. The van der Waals surface area contributed by atoms with Gasteiger partial charge in [0, 0.05) is 32.9 Å². The van der Waals surface area contributed by atoms with Gasteiger partial charge in [-0.3, -0.25) is 0 Å². The molecule has 9 rings (SSSR count). The molecule has 1 aliphatic heterocycles. The molecule has 0 saturated carbocycles. The summed E-state index contributed by atoms with van der Waals surface area (Å²) in [6.07, 6.45) is 0. The molecule has 0 amide bonds. The molecule has 0 saturated heterocycles. The van der Waals surface area contributed by atoms with Crippen molar-refractivity contribution in [1.29, 1.82) is 0 Å². The highest BCUT2D eigenvalue weighted by Gasteiger charge is 2.28. The lowest BCUT2D eigenvalue weighted by Crippen LogP contribution is -2.17. The molecule has 182 valence electrons. The molecule has 0 N–H and O–H groups in total. The van der Waals surface area contributed by atoms with Crippen LogP contribution < -0.4 is 4.90 Å². The Morgan fingerprint density at radius 1 is 0.333 bits per heavy atom. The zero-order valence-electron chi connectivity index (χ0n) is 21.1. The van der Waals surface area contributed by atoms with Crippen LogP contribution >= 0.6 is 0 Å². The molecule has 39 heavy (non-hydrogen) atoms. The number of benzene rings is 6. The van der Waals surface area contributed by atoms with Crippen molar-refractivity contribution in [3.05, 3.63) is 140 Å². The Labute approximate surface area is 225 Å². The van der Waals surface area contributed by atoms with Gasteiger partial charge in [-0.2, -0.15) is 0 Å². The van der Waals surface area contributed by atoms with Crippen molar-refractivity contribution in [1.82, 2.24) is 9.13 Å². The van der Waals surface area contributed by atoms with Gasteiger partial charge in [-0.25, -0.2) is 0 Å². The number of nitrogens with zero attached hydrogens (tertiary/aromatic N) is 3. The molecule has 3 heterocycles. The fraction of sp³-hybridized carbons (Fsp3) is 0. The number of rotatable bonds is 2. The van der Waals surface area contributed by atoms with Crippen LogP contribution in [0.5, 0.6) is 0 Å². The third-order valence-corrected chi connectivity index (χ3v) is 8.21. The first-order chi connectivity index (χ1) is 19.4. The zero-order chi connectivity index (χ0) is 25.5. The summed E-state index contributed by atoms with van der Waals surface area (Å²) < 4.78 is 4.85. The Morgan fingerprint density at radius 2 is 0.923 bits per heavy atom. The molecule has 0 aliphatic carbocycles. The van der Waals surface area contributed by atoms with Crippen molar-refractivity contribution in [2.75, 3.05) is 4.90 Å². The van der Waals surface area contributed by atoms with Gasteiger partial charge in [-0.1, -0.05) is 78.9 Å². The van der Waals surface area contributed by atoms with Crippen LogP contribution in [0.25, 0.3) is 55.0 Å². The lowest BCUT2D eigenvalue weighted by molar-refractivity contribution is 1.11. The van der Waals surface area contributed by atoms with E-state index in [0.29, 0.717) is 0 Å². The van der Waals surface area contributed by atoms with E-state index in [-0.39, 0.29) is 0 Å². The van der Waals surface area contributed by atoms with E-state index in [4.69, 9.17) is 0 Å². The van der Waals surface area contributed by atoms with Crippen molar-refractivity contribution in [2.45, 2.75) is 0 Å². The maximum atomic E-state index is 2.45. The summed E-state index contributed by atoms with van der Waals surface area (Å²) in [5.41, 5.74) is 10.9. The first kappa shape index (κ1) is 20.7. The minimum absolute atomic E-state index is 1.17. The summed E-state index contributed by atoms with van der Waals surface area (Å²) in [4.78, 5) is 2.39. The summed E-state index contributed by atoms with van der Waals surface area (Å²) in [5.74, 6) is 0. The van der Waals surface area contributed by atoms with Gasteiger partial charge in [-0.05, 0) is 60.7 Å². The minimum Gasteiger partial charge on any atom is -0.309 e. The Hall–Kier alpha value is -5.28. The average Bonchev–Trinajstić information content (AvgIpc) is 3.52. The number of para-hydroxylation sites is 6. The number of aromatic nitrogens is 2. The Kier molecular flexibility index (Phi) is 4.05. The van der Waals surface area contributed by atoms with Crippen LogP contribution in [0.3, 0.4) is 0 Å². The van der Waals surface area contributed by atoms with Gasteiger partial charge in [0.25, 0.3) is 0 Å². The van der Waals surface area contributed by atoms with Gasteiger partial charge in [0.1, 0.15) is 0 Å². The predicted octanol–water partition coefficient (Wildman–Crippen LogP) is 9.66. The number of anilines is 3. The van der Waals surface area contributed by atoms with Crippen LogP contribution in [0.15, 0.2) is 140 Å². The van der Waals surface area contributed by atoms with Crippen molar-refractivity contribution in [3.8, 4) is 11.4 Å². The first-order valence-electron chi connectivity index (χ1n) is 13.4. The fourth-order valence-corrected chi connectivity index (χ4v) is 6.64. The van der Waals surface area contributed by atoms with E-state index in [1.807, 2.05) is 0 Å². The van der Waals surface area contributed by atoms with Gasteiger partial charge in [0.2, 0.25) is 0 Å². The second kappa shape index (κ2) is 7.62. The molecule has 0 radical (unpaired) electrons. The van der Waals surface area contributed by atoms with Gasteiger partial charge < -0.3 is 14.0 Å². The van der Waals surface area contributed by atoms with Crippen molar-refractivity contribution >= 4 is 60.7 Å². The quantitative estimate of drug-likeness (QED) is 0.232. The van der Waals surface area contributed by atoms with Gasteiger partial charge in [0.05, 0.1) is 39.1 Å². The topological polar surface area (TPSA) is 13.1 Å². The predicted molar refractivity (Wildman–Crippen MR) is 163 cm³/mol. The normalized spacial score (nSPS) is 12.6. The lowest BCUT2D eigenvalue weighted by Gasteiger charge is -2.33. The minimum atomic E-state index is 1.17. The fourth-order valence-electron chi connectivity index (χ4n) is 6.64. The largest absolute Gasteiger partial charge is 0.309 e.